The summed E-state index contributed by atoms with van der Waals surface area (Å²) in [6.07, 6.45) is 1.37. The normalized spacial score (nSPS) is 21.9. The number of nitrogens with one attached hydrogen (secondary N) is 2. The summed E-state index contributed by atoms with van der Waals surface area (Å²) in [6, 6.07) is 3.40. The molecule has 1 heterocycles. The molecule has 0 aromatic heterocycles. The molecule has 124 valence electrons. The van der Waals surface area contributed by atoms with Gasteiger partial charge in [0.1, 0.15) is 4.90 Å². The molecule has 1 aliphatic rings. The number of hydrogen-bond donors (Lipinski definition) is 2. The molecule has 0 bridgehead atoms. The number of nitro benzene ring substituents is 1. The Bertz CT molecular complexity index is 654. The van der Waals surface area contributed by atoms with Crippen molar-refractivity contribution in [3.63, 3.8) is 0 Å². The molecular formula is C12H17Cl2N3O4S. The van der Waals surface area contributed by atoms with E-state index in [4.69, 9.17) is 11.6 Å². The average Bonchev–Trinajstić information content (AvgIpc) is 2.37. The van der Waals surface area contributed by atoms with Gasteiger partial charge in [-0.25, -0.2) is 13.1 Å². The first-order valence-electron chi connectivity index (χ1n) is 6.49. The van der Waals surface area contributed by atoms with Gasteiger partial charge in [0.25, 0.3) is 5.69 Å². The highest BCUT2D eigenvalue weighted by atomic mass is 35.5. The van der Waals surface area contributed by atoms with Crippen LogP contribution in [0.4, 0.5) is 5.69 Å². The van der Waals surface area contributed by atoms with Crippen LogP contribution >= 0.6 is 24.0 Å². The van der Waals surface area contributed by atoms with Crippen LogP contribution in [-0.4, -0.2) is 32.0 Å². The van der Waals surface area contributed by atoms with E-state index in [2.05, 4.69) is 10.0 Å². The Morgan fingerprint density at radius 1 is 1.45 bits per heavy atom. The molecule has 22 heavy (non-hydrogen) atoms. The molecule has 7 nitrogen and oxygen atoms in total. The van der Waals surface area contributed by atoms with Crippen molar-refractivity contribution in [3.05, 3.63) is 33.3 Å². The third-order valence-electron chi connectivity index (χ3n) is 3.36. The van der Waals surface area contributed by atoms with Crippen LogP contribution in [0.2, 0.25) is 5.02 Å². The van der Waals surface area contributed by atoms with Crippen molar-refractivity contribution in [3.8, 4) is 0 Å². The quantitative estimate of drug-likeness (QED) is 0.624. The monoisotopic (exact) mass is 369 g/mol. The van der Waals surface area contributed by atoms with Crippen molar-refractivity contribution in [2.45, 2.75) is 36.7 Å². The second-order valence-electron chi connectivity index (χ2n) is 5.07. The fraction of sp³-hybridized carbons (Fsp3) is 0.500. The van der Waals surface area contributed by atoms with E-state index in [0.717, 1.165) is 24.7 Å². The Balaban J connectivity index is 0.00000242. The minimum Gasteiger partial charge on any atom is -0.314 e. The van der Waals surface area contributed by atoms with Crippen LogP contribution < -0.4 is 10.0 Å². The lowest BCUT2D eigenvalue weighted by molar-refractivity contribution is -0.384. The van der Waals surface area contributed by atoms with Crippen LogP contribution in [-0.2, 0) is 10.0 Å². The summed E-state index contributed by atoms with van der Waals surface area (Å²) in [4.78, 5) is 9.88. The van der Waals surface area contributed by atoms with E-state index in [-0.39, 0.29) is 40.1 Å². The molecule has 0 aliphatic carbocycles. The topological polar surface area (TPSA) is 101 Å². The lowest BCUT2D eigenvalue weighted by Gasteiger charge is -2.28. The summed E-state index contributed by atoms with van der Waals surface area (Å²) in [5, 5.41) is 13.7. The minimum absolute atomic E-state index is 0. The second-order valence-corrected chi connectivity index (χ2v) is 7.16. The molecule has 10 heteroatoms. The number of hydrogen-bond acceptors (Lipinski definition) is 5. The first-order chi connectivity index (χ1) is 9.79. The molecule has 1 aromatic carbocycles. The predicted molar refractivity (Wildman–Crippen MR) is 86.2 cm³/mol. The number of nitrogens with zero attached hydrogens (tertiary/aromatic N) is 1. The molecule has 0 radical (unpaired) electrons. The van der Waals surface area contributed by atoms with E-state index in [1.54, 1.807) is 0 Å². The van der Waals surface area contributed by atoms with Gasteiger partial charge in [-0.3, -0.25) is 10.1 Å². The molecule has 1 saturated heterocycles. The Hall–Kier alpha value is -0.930. The van der Waals surface area contributed by atoms with Gasteiger partial charge in [-0.15, -0.1) is 12.4 Å². The van der Waals surface area contributed by atoms with Crippen molar-refractivity contribution >= 4 is 39.7 Å². The van der Waals surface area contributed by atoms with E-state index in [9.17, 15) is 18.5 Å². The zero-order chi connectivity index (χ0) is 15.6. The Morgan fingerprint density at radius 3 is 2.68 bits per heavy atom. The third kappa shape index (κ3) is 4.53. The lowest BCUT2D eigenvalue weighted by Crippen LogP contribution is -2.46. The summed E-state index contributed by atoms with van der Waals surface area (Å²) in [5.41, 5.74) is -0.241. The van der Waals surface area contributed by atoms with Crippen molar-refractivity contribution in [2.75, 3.05) is 6.54 Å². The number of piperidine rings is 1. The third-order valence-corrected chi connectivity index (χ3v) is 5.36. The lowest BCUT2D eigenvalue weighted by atomic mass is 10.0. The van der Waals surface area contributed by atoms with Gasteiger partial charge in [-0.1, -0.05) is 11.6 Å². The molecule has 2 atom stereocenters. The Kier molecular flexibility index (Phi) is 6.57. The fourth-order valence-electron chi connectivity index (χ4n) is 2.34. The zero-order valence-electron chi connectivity index (χ0n) is 11.8. The number of rotatable bonds is 4. The first-order valence-corrected chi connectivity index (χ1v) is 8.35. The van der Waals surface area contributed by atoms with Crippen molar-refractivity contribution in [2.24, 2.45) is 0 Å². The molecule has 1 aliphatic heterocycles. The van der Waals surface area contributed by atoms with Crippen LogP contribution in [0.3, 0.4) is 0 Å². The van der Waals surface area contributed by atoms with Gasteiger partial charge in [-0.05, 0) is 32.4 Å². The van der Waals surface area contributed by atoms with Crippen LogP contribution in [0, 0.1) is 10.1 Å². The van der Waals surface area contributed by atoms with Gasteiger partial charge in [0.05, 0.1) is 9.95 Å². The van der Waals surface area contributed by atoms with Gasteiger partial charge in [0, 0.05) is 24.2 Å². The highest BCUT2D eigenvalue weighted by Gasteiger charge is 2.26. The molecule has 0 amide bonds. The van der Waals surface area contributed by atoms with E-state index in [1.165, 1.54) is 0 Å². The predicted octanol–water partition coefficient (Wildman–Crippen LogP) is 2.09. The van der Waals surface area contributed by atoms with Gasteiger partial charge >= 0.3 is 0 Å². The maximum atomic E-state index is 12.3. The SMILES string of the molecule is CC1CC(NS(=O)(=O)c2ccc([N+](=O)[O-])cc2Cl)CCN1.Cl. The van der Waals surface area contributed by atoms with Crippen LogP contribution in [0.1, 0.15) is 19.8 Å². The highest BCUT2D eigenvalue weighted by Crippen LogP contribution is 2.26. The largest absolute Gasteiger partial charge is 0.314 e. The van der Waals surface area contributed by atoms with Gasteiger partial charge < -0.3 is 5.32 Å². The molecule has 0 spiro atoms. The van der Waals surface area contributed by atoms with Crippen molar-refractivity contribution < 1.29 is 13.3 Å². The van der Waals surface area contributed by atoms with E-state index in [1.807, 2.05) is 6.92 Å². The van der Waals surface area contributed by atoms with Gasteiger partial charge in [0.15, 0.2) is 0 Å². The van der Waals surface area contributed by atoms with Gasteiger partial charge in [0.2, 0.25) is 10.0 Å². The molecule has 1 fully saturated rings. The van der Waals surface area contributed by atoms with Crippen molar-refractivity contribution in [1.82, 2.24) is 10.0 Å². The molecule has 1 aromatic rings. The molecule has 2 rings (SSSR count). The smallest absolute Gasteiger partial charge is 0.271 e. The Labute approximate surface area is 140 Å². The summed E-state index contributed by atoms with van der Waals surface area (Å²) < 4.78 is 27.3. The summed E-state index contributed by atoms with van der Waals surface area (Å²) in [7, 11) is -3.79. The molecule has 2 N–H and O–H groups in total. The summed E-state index contributed by atoms with van der Waals surface area (Å²) in [6.45, 7) is 2.72. The number of halogens is 2. The average molecular weight is 370 g/mol. The maximum Gasteiger partial charge on any atom is 0.271 e. The van der Waals surface area contributed by atoms with E-state index >= 15 is 0 Å². The number of sulfonamides is 1. The fourth-order valence-corrected chi connectivity index (χ4v) is 4.17. The van der Waals surface area contributed by atoms with Gasteiger partial charge in [-0.2, -0.15) is 0 Å². The summed E-state index contributed by atoms with van der Waals surface area (Å²) in [5.74, 6) is 0. The number of nitro groups is 1. The van der Waals surface area contributed by atoms with Crippen LogP contribution in [0.5, 0.6) is 0 Å². The summed E-state index contributed by atoms with van der Waals surface area (Å²) >= 11 is 5.87. The van der Waals surface area contributed by atoms with E-state index < -0.39 is 14.9 Å². The standard InChI is InChI=1S/C12H16ClN3O4S.ClH/c1-8-6-9(4-5-14-8)15-21(19,20)12-3-2-10(16(17)18)7-11(12)13;/h2-3,7-9,14-15H,4-6H2,1H3;1H. The van der Waals surface area contributed by atoms with E-state index in [0.29, 0.717) is 12.8 Å². The number of non-ortho nitro benzene ring substituents is 1. The highest BCUT2D eigenvalue weighted by molar-refractivity contribution is 7.89. The zero-order valence-corrected chi connectivity index (χ0v) is 14.2. The van der Waals surface area contributed by atoms with Crippen molar-refractivity contribution in [1.29, 1.82) is 0 Å². The minimum atomic E-state index is -3.79. The maximum absolute atomic E-state index is 12.3. The van der Waals surface area contributed by atoms with Crippen LogP contribution in [0.25, 0.3) is 0 Å². The second kappa shape index (κ2) is 7.56. The number of benzene rings is 1. The molecule has 2 unspecified atom stereocenters. The molecular weight excluding hydrogens is 353 g/mol. The first kappa shape index (κ1) is 19.1. The Morgan fingerprint density at radius 2 is 2.14 bits per heavy atom. The molecule has 0 saturated carbocycles. The van der Waals surface area contributed by atoms with Crippen LogP contribution in [0.15, 0.2) is 23.1 Å².